The lowest BCUT2D eigenvalue weighted by Crippen LogP contribution is -2.47. The SMILES string of the molecule is COc1ccc(CCN2C(=O)N[C@H](CC(=O)N[C@H]3CCOC(C)(C)C3)C2=O)cc1. The predicted octanol–water partition coefficient (Wildman–Crippen LogP) is 1.62. The smallest absolute Gasteiger partial charge is 0.324 e. The highest BCUT2D eigenvalue weighted by molar-refractivity contribution is 6.05. The molecule has 29 heavy (non-hydrogen) atoms. The number of carbonyl (C=O) groups excluding carboxylic acids is 3. The first-order chi connectivity index (χ1) is 13.8. The van der Waals surface area contributed by atoms with Gasteiger partial charge < -0.3 is 20.1 Å². The van der Waals surface area contributed by atoms with E-state index in [1.165, 1.54) is 4.90 Å². The molecule has 2 heterocycles. The van der Waals surface area contributed by atoms with Crippen molar-refractivity contribution in [2.75, 3.05) is 20.3 Å². The molecule has 0 bridgehead atoms. The van der Waals surface area contributed by atoms with Crippen molar-refractivity contribution in [1.82, 2.24) is 15.5 Å². The average molecular weight is 403 g/mol. The van der Waals surface area contributed by atoms with Gasteiger partial charge in [-0.2, -0.15) is 0 Å². The molecule has 2 atom stereocenters. The van der Waals surface area contributed by atoms with Crippen LogP contribution < -0.4 is 15.4 Å². The van der Waals surface area contributed by atoms with E-state index in [2.05, 4.69) is 10.6 Å². The Morgan fingerprint density at radius 3 is 2.69 bits per heavy atom. The summed E-state index contributed by atoms with van der Waals surface area (Å²) in [6.45, 7) is 4.85. The molecular formula is C21H29N3O5. The number of nitrogens with zero attached hydrogens (tertiary/aromatic N) is 1. The standard InChI is InChI=1S/C21H29N3O5/c1-21(2)13-15(9-11-29-21)22-18(25)12-17-19(26)24(20(27)23-17)10-8-14-4-6-16(28-3)7-5-14/h4-7,15,17H,8-13H2,1-3H3,(H,22,25)(H,23,27)/t15-,17+/m0/s1. The quantitative estimate of drug-likeness (QED) is 0.675. The second-order valence-corrected chi connectivity index (χ2v) is 8.16. The molecule has 8 nitrogen and oxygen atoms in total. The van der Waals surface area contributed by atoms with Crippen LogP contribution >= 0.6 is 0 Å². The zero-order valence-corrected chi connectivity index (χ0v) is 17.2. The van der Waals surface area contributed by atoms with E-state index in [1.54, 1.807) is 7.11 Å². The van der Waals surface area contributed by atoms with Gasteiger partial charge in [-0.15, -0.1) is 0 Å². The van der Waals surface area contributed by atoms with Gasteiger partial charge in [0.2, 0.25) is 5.91 Å². The molecule has 8 heteroatoms. The molecule has 0 spiro atoms. The van der Waals surface area contributed by atoms with Crippen LogP contribution in [0.1, 0.15) is 38.7 Å². The Labute approximate surface area is 170 Å². The van der Waals surface area contributed by atoms with Crippen LogP contribution in [-0.2, 0) is 20.7 Å². The molecule has 0 saturated carbocycles. The van der Waals surface area contributed by atoms with Crippen LogP contribution in [0.4, 0.5) is 4.79 Å². The van der Waals surface area contributed by atoms with E-state index in [4.69, 9.17) is 9.47 Å². The Kier molecular flexibility index (Phi) is 6.42. The van der Waals surface area contributed by atoms with Gasteiger partial charge in [0.25, 0.3) is 5.91 Å². The number of rotatable bonds is 7. The lowest BCUT2D eigenvalue weighted by Gasteiger charge is -2.35. The summed E-state index contributed by atoms with van der Waals surface area (Å²) in [5.41, 5.74) is 0.723. The van der Waals surface area contributed by atoms with Gasteiger partial charge in [0.05, 0.1) is 19.1 Å². The molecule has 2 aliphatic rings. The third-order valence-corrected chi connectivity index (χ3v) is 5.34. The summed E-state index contributed by atoms with van der Waals surface area (Å²) in [5, 5.41) is 5.59. The largest absolute Gasteiger partial charge is 0.497 e. The van der Waals surface area contributed by atoms with Crippen LogP contribution in [0.2, 0.25) is 0 Å². The second-order valence-electron chi connectivity index (χ2n) is 8.16. The van der Waals surface area contributed by atoms with E-state index in [0.717, 1.165) is 24.2 Å². The van der Waals surface area contributed by atoms with Crippen molar-refractivity contribution in [1.29, 1.82) is 0 Å². The molecule has 4 amide bonds. The lowest BCUT2D eigenvalue weighted by molar-refractivity contribution is -0.131. The highest BCUT2D eigenvalue weighted by Gasteiger charge is 2.39. The maximum atomic E-state index is 12.6. The molecule has 1 aromatic rings. The average Bonchev–Trinajstić information content (AvgIpc) is 2.92. The Hall–Kier alpha value is -2.61. The maximum absolute atomic E-state index is 12.6. The number of ether oxygens (including phenoxy) is 2. The zero-order chi connectivity index (χ0) is 21.0. The summed E-state index contributed by atoms with van der Waals surface area (Å²) < 4.78 is 10.8. The molecular weight excluding hydrogens is 374 g/mol. The highest BCUT2D eigenvalue weighted by atomic mass is 16.5. The number of amides is 4. The van der Waals surface area contributed by atoms with Crippen molar-refractivity contribution >= 4 is 17.8 Å². The number of urea groups is 1. The lowest BCUT2D eigenvalue weighted by atomic mass is 9.94. The fourth-order valence-corrected chi connectivity index (χ4v) is 3.79. The number of hydrogen-bond donors (Lipinski definition) is 2. The molecule has 2 N–H and O–H groups in total. The van der Waals surface area contributed by atoms with Crippen molar-refractivity contribution < 1.29 is 23.9 Å². The van der Waals surface area contributed by atoms with E-state index in [-0.39, 0.29) is 36.4 Å². The van der Waals surface area contributed by atoms with Gasteiger partial charge in [-0.3, -0.25) is 14.5 Å². The van der Waals surface area contributed by atoms with Gasteiger partial charge in [-0.1, -0.05) is 12.1 Å². The minimum Gasteiger partial charge on any atom is -0.497 e. The normalized spacial score (nSPS) is 23.6. The van der Waals surface area contributed by atoms with Crippen molar-refractivity contribution in [2.24, 2.45) is 0 Å². The number of nitrogens with one attached hydrogen (secondary N) is 2. The topological polar surface area (TPSA) is 97.0 Å². The molecule has 158 valence electrons. The van der Waals surface area contributed by atoms with E-state index < -0.39 is 12.1 Å². The predicted molar refractivity (Wildman–Crippen MR) is 107 cm³/mol. The summed E-state index contributed by atoms with van der Waals surface area (Å²) in [7, 11) is 1.60. The summed E-state index contributed by atoms with van der Waals surface area (Å²) in [4.78, 5) is 38.4. The summed E-state index contributed by atoms with van der Waals surface area (Å²) in [6.07, 6.45) is 1.95. The molecule has 2 aliphatic heterocycles. The molecule has 2 fully saturated rings. The molecule has 0 aromatic heterocycles. The molecule has 0 radical (unpaired) electrons. The van der Waals surface area contributed by atoms with Crippen molar-refractivity contribution in [3.05, 3.63) is 29.8 Å². The van der Waals surface area contributed by atoms with Crippen molar-refractivity contribution in [3.63, 3.8) is 0 Å². The minimum absolute atomic E-state index is 0.0182. The number of carbonyl (C=O) groups is 3. The number of imide groups is 1. The second kappa shape index (κ2) is 8.82. The Balaban J connectivity index is 1.49. The molecule has 3 rings (SSSR count). The van der Waals surface area contributed by atoms with Crippen molar-refractivity contribution in [2.45, 2.75) is 57.2 Å². The van der Waals surface area contributed by atoms with Crippen LogP contribution in [0, 0.1) is 0 Å². The highest BCUT2D eigenvalue weighted by Crippen LogP contribution is 2.24. The van der Waals surface area contributed by atoms with Gasteiger partial charge in [0, 0.05) is 19.2 Å². The molecule has 2 saturated heterocycles. The summed E-state index contributed by atoms with van der Waals surface area (Å²) in [5.74, 6) is 0.164. The molecule has 0 aliphatic carbocycles. The maximum Gasteiger partial charge on any atom is 0.324 e. The number of methoxy groups -OCH3 is 1. The van der Waals surface area contributed by atoms with Gasteiger partial charge in [0.1, 0.15) is 11.8 Å². The van der Waals surface area contributed by atoms with Gasteiger partial charge in [-0.05, 0) is 50.8 Å². The first-order valence-electron chi connectivity index (χ1n) is 9.95. The van der Waals surface area contributed by atoms with Crippen molar-refractivity contribution in [3.8, 4) is 5.75 Å². The summed E-state index contributed by atoms with van der Waals surface area (Å²) in [6, 6.07) is 6.23. The van der Waals surface area contributed by atoms with Crippen LogP contribution in [0.15, 0.2) is 24.3 Å². The van der Waals surface area contributed by atoms with E-state index in [9.17, 15) is 14.4 Å². The third kappa shape index (κ3) is 5.47. The van der Waals surface area contributed by atoms with Crippen LogP contribution in [0.5, 0.6) is 5.75 Å². The first-order valence-corrected chi connectivity index (χ1v) is 9.95. The fourth-order valence-electron chi connectivity index (χ4n) is 3.79. The van der Waals surface area contributed by atoms with Gasteiger partial charge in [-0.25, -0.2) is 4.79 Å². The van der Waals surface area contributed by atoms with E-state index in [1.807, 2.05) is 38.1 Å². The molecule has 0 unspecified atom stereocenters. The zero-order valence-electron chi connectivity index (χ0n) is 17.2. The Bertz CT molecular complexity index is 762. The molecule has 1 aromatic carbocycles. The van der Waals surface area contributed by atoms with Crippen LogP contribution in [-0.4, -0.2) is 60.7 Å². The van der Waals surface area contributed by atoms with Crippen LogP contribution in [0.3, 0.4) is 0 Å². The van der Waals surface area contributed by atoms with Gasteiger partial charge in [0.15, 0.2) is 0 Å². The minimum atomic E-state index is -0.814. The van der Waals surface area contributed by atoms with Crippen LogP contribution in [0.25, 0.3) is 0 Å². The van der Waals surface area contributed by atoms with E-state index in [0.29, 0.717) is 13.0 Å². The first kappa shape index (κ1) is 21.1. The van der Waals surface area contributed by atoms with Gasteiger partial charge >= 0.3 is 6.03 Å². The summed E-state index contributed by atoms with van der Waals surface area (Å²) >= 11 is 0. The Morgan fingerprint density at radius 1 is 1.31 bits per heavy atom. The Morgan fingerprint density at radius 2 is 2.03 bits per heavy atom. The fraction of sp³-hybridized carbons (Fsp3) is 0.571. The third-order valence-electron chi connectivity index (χ3n) is 5.34. The van der Waals surface area contributed by atoms with E-state index >= 15 is 0 Å². The number of hydrogen-bond acceptors (Lipinski definition) is 5. The number of benzene rings is 1. The monoisotopic (exact) mass is 403 g/mol.